The van der Waals surface area contributed by atoms with Gasteiger partial charge in [-0.1, -0.05) is 6.92 Å². The Morgan fingerprint density at radius 3 is 2.57 bits per heavy atom. The molecule has 2 rings (SSSR count). The van der Waals surface area contributed by atoms with Crippen LogP contribution >= 0.6 is 15.9 Å². The van der Waals surface area contributed by atoms with Gasteiger partial charge in [-0.05, 0) is 27.9 Å². The number of amides is 2. The molecule has 0 radical (unpaired) electrons. The summed E-state index contributed by atoms with van der Waals surface area (Å²) in [6.45, 7) is 2.06. The van der Waals surface area contributed by atoms with Crippen LogP contribution in [0.25, 0.3) is 0 Å². The molecule has 0 aliphatic carbocycles. The Morgan fingerprint density at radius 2 is 2.05 bits per heavy atom. The Hall–Kier alpha value is -1.70. The zero-order chi connectivity index (χ0) is 15.7. The molecule has 114 valence electrons. The topological polar surface area (TPSA) is 69.6 Å². The Balaban J connectivity index is 2.11. The van der Waals surface area contributed by atoms with Crippen LogP contribution in [0.3, 0.4) is 0 Å². The van der Waals surface area contributed by atoms with E-state index in [9.17, 15) is 18.4 Å². The SMILES string of the molecule is C[C@@H]1CN(C(=O)Nc2c(F)cc(F)cc2Br)C[C@H]1C(=O)O. The minimum absolute atomic E-state index is 0.0583. The van der Waals surface area contributed by atoms with E-state index >= 15 is 0 Å². The molecule has 0 bridgehead atoms. The number of nitrogens with one attached hydrogen (secondary N) is 1. The van der Waals surface area contributed by atoms with Crippen LogP contribution in [0.5, 0.6) is 0 Å². The largest absolute Gasteiger partial charge is 0.481 e. The lowest BCUT2D eigenvalue weighted by atomic mass is 9.99. The molecule has 1 fully saturated rings. The predicted molar refractivity (Wildman–Crippen MR) is 74.9 cm³/mol. The number of carbonyl (C=O) groups excluding carboxylic acids is 1. The summed E-state index contributed by atoms with van der Waals surface area (Å²) in [4.78, 5) is 24.4. The van der Waals surface area contributed by atoms with Gasteiger partial charge in [-0.15, -0.1) is 0 Å². The van der Waals surface area contributed by atoms with Gasteiger partial charge in [0.1, 0.15) is 5.82 Å². The van der Waals surface area contributed by atoms with Crippen molar-refractivity contribution in [2.24, 2.45) is 11.8 Å². The van der Waals surface area contributed by atoms with Gasteiger partial charge in [-0.3, -0.25) is 4.79 Å². The summed E-state index contributed by atoms with van der Waals surface area (Å²) in [6, 6.07) is 1.08. The standard InChI is InChI=1S/C13H13BrF2N2O3/c1-6-4-18(5-8(6)12(19)20)13(21)17-11-9(14)2-7(15)3-10(11)16/h2-3,6,8H,4-5H2,1H3,(H,17,21)(H,19,20)/t6-,8-/m1/s1. The molecule has 0 spiro atoms. The van der Waals surface area contributed by atoms with Crippen molar-refractivity contribution in [3.05, 3.63) is 28.2 Å². The van der Waals surface area contributed by atoms with Crippen molar-refractivity contribution in [3.8, 4) is 0 Å². The molecule has 1 heterocycles. The highest BCUT2D eigenvalue weighted by atomic mass is 79.9. The minimum Gasteiger partial charge on any atom is -0.481 e. The number of aliphatic carboxylic acids is 1. The number of halogens is 3. The Bertz CT molecular complexity index is 574. The van der Waals surface area contributed by atoms with Gasteiger partial charge in [0, 0.05) is 23.6 Å². The van der Waals surface area contributed by atoms with E-state index in [1.54, 1.807) is 6.92 Å². The van der Waals surface area contributed by atoms with Crippen LogP contribution in [0.2, 0.25) is 0 Å². The zero-order valence-corrected chi connectivity index (χ0v) is 12.7. The molecule has 5 nitrogen and oxygen atoms in total. The van der Waals surface area contributed by atoms with Crippen LogP contribution in [-0.2, 0) is 4.79 Å². The van der Waals surface area contributed by atoms with Gasteiger partial charge in [0.2, 0.25) is 0 Å². The first-order chi connectivity index (χ1) is 9.79. The summed E-state index contributed by atoms with van der Waals surface area (Å²) >= 11 is 2.97. The van der Waals surface area contributed by atoms with Crippen molar-refractivity contribution in [1.82, 2.24) is 4.90 Å². The van der Waals surface area contributed by atoms with Crippen molar-refractivity contribution in [1.29, 1.82) is 0 Å². The monoisotopic (exact) mass is 362 g/mol. The summed E-state index contributed by atoms with van der Waals surface area (Å²) in [6.07, 6.45) is 0. The number of likely N-dealkylation sites (tertiary alicyclic amines) is 1. The summed E-state index contributed by atoms with van der Waals surface area (Å²) in [7, 11) is 0. The molecule has 2 atom stereocenters. The number of hydrogen-bond donors (Lipinski definition) is 2. The molecule has 2 amide bonds. The van der Waals surface area contributed by atoms with E-state index in [1.807, 2.05) is 0 Å². The molecule has 1 aromatic carbocycles. The summed E-state index contributed by atoms with van der Waals surface area (Å²) in [5, 5.41) is 11.4. The van der Waals surface area contributed by atoms with E-state index < -0.39 is 29.6 Å². The molecule has 1 saturated heterocycles. The van der Waals surface area contributed by atoms with Crippen LogP contribution in [-0.4, -0.2) is 35.1 Å². The quantitative estimate of drug-likeness (QED) is 0.849. The third-order valence-corrected chi connectivity index (χ3v) is 4.08. The van der Waals surface area contributed by atoms with Crippen molar-refractivity contribution < 1.29 is 23.5 Å². The van der Waals surface area contributed by atoms with E-state index in [1.165, 1.54) is 4.90 Å². The molecule has 0 aromatic heterocycles. The summed E-state index contributed by atoms with van der Waals surface area (Å²) in [5.41, 5.74) is -0.173. The third kappa shape index (κ3) is 3.31. The highest BCUT2D eigenvalue weighted by Gasteiger charge is 2.37. The van der Waals surface area contributed by atoms with Gasteiger partial charge in [0.25, 0.3) is 0 Å². The predicted octanol–water partition coefficient (Wildman–Crippen LogP) is 2.91. The molecule has 1 aliphatic heterocycles. The van der Waals surface area contributed by atoms with Gasteiger partial charge in [-0.2, -0.15) is 0 Å². The maximum atomic E-state index is 13.6. The maximum Gasteiger partial charge on any atom is 0.321 e. The first kappa shape index (κ1) is 15.7. The van der Waals surface area contributed by atoms with Crippen molar-refractivity contribution >= 4 is 33.6 Å². The summed E-state index contributed by atoms with van der Waals surface area (Å²) < 4.78 is 26.7. The average molecular weight is 363 g/mol. The maximum absolute atomic E-state index is 13.6. The second kappa shape index (κ2) is 5.97. The van der Waals surface area contributed by atoms with Crippen molar-refractivity contribution in [3.63, 3.8) is 0 Å². The van der Waals surface area contributed by atoms with Gasteiger partial charge in [0.15, 0.2) is 5.82 Å². The van der Waals surface area contributed by atoms with Crippen LogP contribution in [0.1, 0.15) is 6.92 Å². The van der Waals surface area contributed by atoms with Gasteiger partial charge in [-0.25, -0.2) is 13.6 Å². The first-order valence-corrected chi connectivity index (χ1v) is 7.02. The highest BCUT2D eigenvalue weighted by molar-refractivity contribution is 9.10. The lowest BCUT2D eigenvalue weighted by molar-refractivity contribution is -0.142. The summed E-state index contributed by atoms with van der Waals surface area (Å²) in [5.74, 6) is -3.46. The number of hydrogen-bond acceptors (Lipinski definition) is 2. The molecular weight excluding hydrogens is 350 g/mol. The molecule has 0 unspecified atom stereocenters. The molecule has 0 saturated carbocycles. The van der Waals surface area contributed by atoms with Gasteiger partial charge >= 0.3 is 12.0 Å². The third-order valence-electron chi connectivity index (χ3n) is 3.46. The van der Waals surface area contributed by atoms with E-state index in [2.05, 4.69) is 21.2 Å². The Kier molecular flexibility index (Phi) is 4.46. The van der Waals surface area contributed by atoms with Crippen LogP contribution in [0.15, 0.2) is 16.6 Å². The number of urea groups is 1. The lowest BCUT2D eigenvalue weighted by Gasteiger charge is -2.18. The number of nitrogens with zero attached hydrogens (tertiary/aromatic N) is 1. The smallest absolute Gasteiger partial charge is 0.321 e. The van der Waals surface area contributed by atoms with E-state index in [4.69, 9.17) is 5.11 Å². The minimum atomic E-state index is -0.966. The van der Waals surface area contributed by atoms with Crippen LogP contribution < -0.4 is 5.32 Å². The Morgan fingerprint density at radius 1 is 1.38 bits per heavy atom. The number of carboxylic acid groups (broad SMARTS) is 1. The first-order valence-electron chi connectivity index (χ1n) is 6.23. The molecule has 1 aromatic rings. The highest BCUT2D eigenvalue weighted by Crippen LogP contribution is 2.29. The van der Waals surface area contributed by atoms with Crippen molar-refractivity contribution in [2.75, 3.05) is 18.4 Å². The Labute approximate surface area is 128 Å². The zero-order valence-electron chi connectivity index (χ0n) is 11.1. The average Bonchev–Trinajstić information content (AvgIpc) is 2.75. The van der Waals surface area contributed by atoms with Gasteiger partial charge < -0.3 is 15.3 Å². The van der Waals surface area contributed by atoms with Gasteiger partial charge in [0.05, 0.1) is 11.6 Å². The van der Waals surface area contributed by atoms with E-state index in [0.717, 1.165) is 6.07 Å². The van der Waals surface area contributed by atoms with Crippen LogP contribution in [0, 0.1) is 23.5 Å². The molecule has 2 N–H and O–H groups in total. The number of carbonyl (C=O) groups is 2. The molecule has 21 heavy (non-hydrogen) atoms. The molecule has 8 heteroatoms. The van der Waals surface area contributed by atoms with Crippen LogP contribution in [0.4, 0.5) is 19.3 Å². The number of carboxylic acids is 1. The normalized spacial score (nSPS) is 21.4. The fourth-order valence-electron chi connectivity index (χ4n) is 2.30. The number of rotatable bonds is 2. The fraction of sp³-hybridized carbons (Fsp3) is 0.385. The molecule has 1 aliphatic rings. The van der Waals surface area contributed by atoms with Crippen molar-refractivity contribution in [2.45, 2.75) is 6.92 Å². The fourth-order valence-corrected chi connectivity index (χ4v) is 2.81. The lowest BCUT2D eigenvalue weighted by Crippen LogP contribution is -2.34. The molecular formula is C13H13BrF2N2O3. The number of anilines is 1. The van der Waals surface area contributed by atoms with E-state index in [-0.39, 0.29) is 29.2 Å². The van der Waals surface area contributed by atoms with E-state index in [0.29, 0.717) is 6.07 Å². The second-order valence-corrected chi connectivity index (χ2v) is 5.86. The second-order valence-electron chi connectivity index (χ2n) is 5.00. The number of benzene rings is 1.